The Kier molecular flexibility index (Phi) is 5.06. The van der Waals surface area contributed by atoms with Crippen LogP contribution in [0.4, 0.5) is 13.2 Å². The van der Waals surface area contributed by atoms with Gasteiger partial charge in [0.15, 0.2) is 6.61 Å². The molecule has 1 aromatic carbocycles. The number of hydrogen-bond donors (Lipinski definition) is 0. The first-order valence-corrected chi connectivity index (χ1v) is 7.62. The molecule has 0 N–H and O–H groups in total. The third-order valence-electron chi connectivity index (χ3n) is 3.41. The number of nitrogens with zero attached hydrogens (tertiary/aromatic N) is 4. The van der Waals surface area contributed by atoms with Crippen LogP contribution < -0.4 is 15.0 Å². The molecule has 0 aliphatic heterocycles. The summed E-state index contributed by atoms with van der Waals surface area (Å²) in [5.41, 5.74) is 0.668. The van der Waals surface area contributed by atoms with Gasteiger partial charge < -0.3 is 9.47 Å². The largest absolute Gasteiger partial charge is 0.484 e. The Morgan fingerprint density at radius 1 is 1.11 bits per heavy atom. The Labute approximate surface area is 151 Å². The standard InChI is InChI=1S/C17H13F3N4O3/c1-26-16-23-14(13-6-7-21-10-22-13)8-15(25)24(16)11-2-4-12(5-3-11)27-9-17(18,19)20/h2-8,10H,9H2,1H3. The Morgan fingerprint density at radius 2 is 1.85 bits per heavy atom. The lowest BCUT2D eigenvalue weighted by Crippen LogP contribution is -2.21. The van der Waals surface area contributed by atoms with E-state index in [9.17, 15) is 18.0 Å². The first-order chi connectivity index (χ1) is 12.9. The van der Waals surface area contributed by atoms with E-state index in [1.807, 2.05) is 0 Å². The molecule has 0 aliphatic rings. The molecule has 0 saturated heterocycles. The van der Waals surface area contributed by atoms with Crippen molar-refractivity contribution in [3.63, 3.8) is 0 Å². The van der Waals surface area contributed by atoms with Gasteiger partial charge in [0.25, 0.3) is 5.56 Å². The zero-order valence-corrected chi connectivity index (χ0v) is 14.0. The molecule has 140 valence electrons. The number of benzene rings is 1. The van der Waals surface area contributed by atoms with Crippen molar-refractivity contribution in [1.82, 2.24) is 19.5 Å². The van der Waals surface area contributed by atoms with Crippen molar-refractivity contribution < 1.29 is 22.6 Å². The summed E-state index contributed by atoms with van der Waals surface area (Å²) >= 11 is 0. The van der Waals surface area contributed by atoms with Gasteiger partial charge in [0.05, 0.1) is 24.2 Å². The number of ether oxygens (including phenoxy) is 2. The minimum absolute atomic E-state index is 0.0000668. The molecule has 0 amide bonds. The molecule has 10 heteroatoms. The van der Waals surface area contributed by atoms with E-state index in [1.165, 1.54) is 54.5 Å². The number of alkyl halides is 3. The van der Waals surface area contributed by atoms with E-state index in [2.05, 4.69) is 19.7 Å². The van der Waals surface area contributed by atoms with E-state index >= 15 is 0 Å². The van der Waals surface area contributed by atoms with Gasteiger partial charge >= 0.3 is 12.2 Å². The van der Waals surface area contributed by atoms with E-state index in [4.69, 9.17) is 4.74 Å². The molecule has 2 aromatic heterocycles. The molecule has 0 radical (unpaired) electrons. The van der Waals surface area contributed by atoms with Crippen molar-refractivity contribution in [2.75, 3.05) is 13.7 Å². The van der Waals surface area contributed by atoms with Crippen LogP contribution in [0.1, 0.15) is 0 Å². The van der Waals surface area contributed by atoms with Gasteiger partial charge in [-0.25, -0.2) is 14.5 Å². The number of methoxy groups -OCH3 is 1. The topological polar surface area (TPSA) is 79.1 Å². The van der Waals surface area contributed by atoms with Crippen LogP contribution in [0.25, 0.3) is 17.1 Å². The van der Waals surface area contributed by atoms with E-state index in [1.54, 1.807) is 6.07 Å². The minimum Gasteiger partial charge on any atom is -0.484 e. The highest BCUT2D eigenvalue weighted by Crippen LogP contribution is 2.22. The van der Waals surface area contributed by atoms with Crippen LogP contribution in [-0.2, 0) is 0 Å². The number of aromatic nitrogens is 4. The summed E-state index contributed by atoms with van der Waals surface area (Å²) in [6.45, 7) is -1.40. The molecule has 7 nitrogen and oxygen atoms in total. The molecule has 0 aliphatic carbocycles. The summed E-state index contributed by atoms with van der Waals surface area (Å²) in [5.74, 6) is 0.0219. The van der Waals surface area contributed by atoms with E-state index in [-0.39, 0.29) is 11.8 Å². The predicted molar refractivity (Wildman–Crippen MR) is 89.0 cm³/mol. The van der Waals surface area contributed by atoms with E-state index < -0.39 is 18.3 Å². The third kappa shape index (κ3) is 4.40. The molecule has 27 heavy (non-hydrogen) atoms. The summed E-state index contributed by atoms with van der Waals surface area (Å²) in [6, 6.07) is 8.39. The Morgan fingerprint density at radius 3 is 2.44 bits per heavy atom. The number of halogens is 3. The monoisotopic (exact) mass is 378 g/mol. The average Bonchev–Trinajstić information content (AvgIpc) is 2.66. The van der Waals surface area contributed by atoms with Crippen LogP contribution in [0.5, 0.6) is 11.8 Å². The quantitative estimate of drug-likeness (QED) is 0.679. The van der Waals surface area contributed by atoms with Gasteiger partial charge in [-0.2, -0.15) is 18.2 Å². The Balaban J connectivity index is 1.93. The van der Waals surface area contributed by atoms with Crippen molar-refractivity contribution >= 4 is 0 Å². The molecule has 0 atom stereocenters. The van der Waals surface area contributed by atoms with Crippen molar-refractivity contribution in [1.29, 1.82) is 0 Å². The fourth-order valence-electron chi connectivity index (χ4n) is 2.27. The molecule has 3 rings (SSSR count). The van der Waals surface area contributed by atoms with Gasteiger partial charge in [-0.05, 0) is 30.3 Å². The second-order valence-corrected chi connectivity index (χ2v) is 5.29. The van der Waals surface area contributed by atoms with Crippen LogP contribution in [0.3, 0.4) is 0 Å². The molecule has 0 bridgehead atoms. The maximum atomic E-state index is 12.6. The Hall–Kier alpha value is -3.43. The lowest BCUT2D eigenvalue weighted by Gasteiger charge is -2.13. The maximum Gasteiger partial charge on any atom is 0.422 e. The van der Waals surface area contributed by atoms with Crippen molar-refractivity contribution in [3.05, 3.63) is 59.3 Å². The van der Waals surface area contributed by atoms with Crippen LogP contribution in [-0.4, -0.2) is 39.4 Å². The van der Waals surface area contributed by atoms with Crippen molar-refractivity contribution in [3.8, 4) is 28.8 Å². The summed E-state index contributed by atoms with van der Waals surface area (Å²) in [4.78, 5) is 24.7. The predicted octanol–water partition coefficient (Wildman–Crippen LogP) is 2.64. The maximum absolute atomic E-state index is 12.6. The second kappa shape index (κ2) is 7.44. The van der Waals surface area contributed by atoms with E-state index in [0.29, 0.717) is 17.1 Å². The highest BCUT2D eigenvalue weighted by Gasteiger charge is 2.28. The van der Waals surface area contributed by atoms with Crippen molar-refractivity contribution in [2.24, 2.45) is 0 Å². The normalized spacial score (nSPS) is 11.3. The minimum atomic E-state index is -4.43. The van der Waals surface area contributed by atoms with Gasteiger partial charge in [-0.3, -0.25) is 4.79 Å². The van der Waals surface area contributed by atoms with Crippen molar-refractivity contribution in [2.45, 2.75) is 6.18 Å². The Bertz CT molecular complexity index is 973. The fraction of sp³-hybridized carbons (Fsp3) is 0.176. The first-order valence-electron chi connectivity index (χ1n) is 7.62. The lowest BCUT2D eigenvalue weighted by molar-refractivity contribution is -0.153. The lowest BCUT2D eigenvalue weighted by atomic mass is 10.2. The third-order valence-corrected chi connectivity index (χ3v) is 3.41. The molecule has 0 spiro atoms. The molecular formula is C17H13F3N4O3. The van der Waals surface area contributed by atoms with E-state index in [0.717, 1.165) is 0 Å². The summed E-state index contributed by atoms with van der Waals surface area (Å²) in [6.07, 6.45) is -1.59. The zero-order valence-electron chi connectivity index (χ0n) is 14.0. The van der Waals surface area contributed by atoms with Crippen LogP contribution in [0, 0.1) is 0 Å². The van der Waals surface area contributed by atoms with Gasteiger partial charge in [0, 0.05) is 12.3 Å². The molecule has 0 saturated carbocycles. The summed E-state index contributed by atoms with van der Waals surface area (Å²) < 4.78 is 47.7. The van der Waals surface area contributed by atoms with Crippen LogP contribution in [0.2, 0.25) is 0 Å². The van der Waals surface area contributed by atoms with Crippen LogP contribution >= 0.6 is 0 Å². The smallest absolute Gasteiger partial charge is 0.422 e. The zero-order chi connectivity index (χ0) is 19.4. The summed E-state index contributed by atoms with van der Waals surface area (Å²) in [7, 11) is 1.35. The van der Waals surface area contributed by atoms with Crippen LogP contribution in [0.15, 0.2) is 53.7 Å². The molecule has 0 unspecified atom stereocenters. The van der Waals surface area contributed by atoms with Gasteiger partial charge in [-0.15, -0.1) is 0 Å². The molecule has 3 aromatic rings. The second-order valence-electron chi connectivity index (χ2n) is 5.29. The molecular weight excluding hydrogens is 365 g/mol. The highest BCUT2D eigenvalue weighted by molar-refractivity contribution is 5.54. The van der Waals surface area contributed by atoms with Gasteiger partial charge in [0.1, 0.15) is 12.1 Å². The first kappa shape index (κ1) is 18.4. The average molecular weight is 378 g/mol. The van der Waals surface area contributed by atoms with Gasteiger partial charge in [-0.1, -0.05) is 0 Å². The number of rotatable bonds is 5. The van der Waals surface area contributed by atoms with Gasteiger partial charge in [0.2, 0.25) is 0 Å². The SMILES string of the molecule is COc1nc(-c2ccncn2)cc(=O)n1-c1ccc(OCC(F)(F)F)cc1. The summed E-state index contributed by atoms with van der Waals surface area (Å²) in [5, 5.41) is 0. The fourth-order valence-corrected chi connectivity index (χ4v) is 2.27. The molecule has 0 fully saturated rings. The highest BCUT2D eigenvalue weighted by atomic mass is 19.4. The number of hydrogen-bond acceptors (Lipinski definition) is 6. The molecule has 2 heterocycles.